The molecule has 1 aliphatic rings. The predicted molar refractivity (Wildman–Crippen MR) is 115 cm³/mol. The van der Waals surface area contributed by atoms with E-state index in [-0.39, 0.29) is 5.82 Å². The Labute approximate surface area is 173 Å². The SMILES string of the molecule is CCNC(=NCc1cccc(CN2CCOCC2)c1)NCCc1ccccc1F. The largest absolute Gasteiger partial charge is 0.379 e. The van der Waals surface area contributed by atoms with Crippen LogP contribution in [0.1, 0.15) is 23.6 Å². The van der Waals surface area contributed by atoms with E-state index in [1.165, 1.54) is 17.2 Å². The molecule has 0 aliphatic carbocycles. The molecule has 1 saturated heterocycles. The molecule has 1 heterocycles. The van der Waals surface area contributed by atoms with Gasteiger partial charge in [-0.15, -0.1) is 0 Å². The molecular formula is C23H31FN4O. The molecule has 2 aromatic rings. The maximum atomic E-state index is 13.8. The average molecular weight is 399 g/mol. The minimum Gasteiger partial charge on any atom is -0.379 e. The van der Waals surface area contributed by atoms with Gasteiger partial charge >= 0.3 is 0 Å². The monoisotopic (exact) mass is 398 g/mol. The van der Waals surface area contributed by atoms with Crippen LogP contribution in [0.2, 0.25) is 0 Å². The van der Waals surface area contributed by atoms with E-state index < -0.39 is 0 Å². The van der Waals surface area contributed by atoms with E-state index in [4.69, 9.17) is 9.73 Å². The van der Waals surface area contributed by atoms with E-state index in [0.717, 1.165) is 45.4 Å². The summed E-state index contributed by atoms with van der Waals surface area (Å²) in [4.78, 5) is 7.11. The lowest BCUT2D eigenvalue weighted by Crippen LogP contribution is -2.38. The van der Waals surface area contributed by atoms with Gasteiger partial charge in [-0.2, -0.15) is 0 Å². The van der Waals surface area contributed by atoms with Crippen LogP contribution < -0.4 is 10.6 Å². The minimum atomic E-state index is -0.159. The summed E-state index contributed by atoms with van der Waals surface area (Å²) in [6.45, 7) is 8.60. The van der Waals surface area contributed by atoms with Gasteiger partial charge in [-0.25, -0.2) is 9.38 Å². The molecule has 0 bridgehead atoms. The first-order valence-corrected chi connectivity index (χ1v) is 10.4. The number of guanidine groups is 1. The zero-order chi connectivity index (χ0) is 20.3. The molecule has 1 aliphatic heterocycles. The third-order valence-electron chi connectivity index (χ3n) is 4.91. The Morgan fingerprint density at radius 2 is 1.86 bits per heavy atom. The summed E-state index contributed by atoms with van der Waals surface area (Å²) in [5, 5.41) is 6.55. The Morgan fingerprint density at radius 3 is 2.66 bits per heavy atom. The van der Waals surface area contributed by atoms with Crippen LogP contribution in [0.25, 0.3) is 0 Å². The van der Waals surface area contributed by atoms with E-state index in [9.17, 15) is 4.39 Å². The van der Waals surface area contributed by atoms with Crippen molar-refractivity contribution in [3.05, 3.63) is 71.0 Å². The summed E-state index contributed by atoms with van der Waals surface area (Å²) in [5.41, 5.74) is 3.20. The Hall–Kier alpha value is -2.44. The normalized spacial score (nSPS) is 15.3. The first-order chi connectivity index (χ1) is 14.2. The van der Waals surface area contributed by atoms with Gasteiger partial charge in [0.1, 0.15) is 5.82 Å². The predicted octanol–water partition coefficient (Wildman–Crippen LogP) is 2.96. The lowest BCUT2D eigenvalue weighted by Gasteiger charge is -2.26. The van der Waals surface area contributed by atoms with Gasteiger partial charge in [-0.3, -0.25) is 4.90 Å². The summed E-state index contributed by atoms with van der Waals surface area (Å²) in [7, 11) is 0. The van der Waals surface area contributed by atoms with E-state index in [1.807, 2.05) is 19.1 Å². The highest BCUT2D eigenvalue weighted by Crippen LogP contribution is 2.11. The first kappa shape index (κ1) is 21.3. The molecule has 5 nitrogen and oxygen atoms in total. The molecule has 0 atom stereocenters. The topological polar surface area (TPSA) is 48.9 Å². The van der Waals surface area contributed by atoms with Crippen molar-refractivity contribution in [3.63, 3.8) is 0 Å². The van der Waals surface area contributed by atoms with Gasteiger partial charge in [-0.1, -0.05) is 42.5 Å². The van der Waals surface area contributed by atoms with Crippen molar-refractivity contribution < 1.29 is 9.13 Å². The summed E-state index contributed by atoms with van der Waals surface area (Å²) in [6, 6.07) is 15.5. The lowest BCUT2D eigenvalue weighted by molar-refractivity contribution is 0.0342. The van der Waals surface area contributed by atoms with Gasteiger partial charge < -0.3 is 15.4 Å². The second-order valence-electron chi connectivity index (χ2n) is 7.17. The van der Waals surface area contributed by atoms with Crippen molar-refractivity contribution in [2.45, 2.75) is 26.4 Å². The molecule has 0 radical (unpaired) electrons. The summed E-state index contributed by atoms with van der Waals surface area (Å²) in [5.74, 6) is 0.593. The summed E-state index contributed by atoms with van der Waals surface area (Å²) < 4.78 is 19.2. The number of morpholine rings is 1. The van der Waals surface area contributed by atoms with Crippen molar-refractivity contribution >= 4 is 5.96 Å². The van der Waals surface area contributed by atoms with Gasteiger partial charge in [-0.05, 0) is 36.1 Å². The molecule has 0 aromatic heterocycles. The second-order valence-corrected chi connectivity index (χ2v) is 7.17. The Bertz CT molecular complexity index is 790. The molecule has 0 saturated carbocycles. The van der Waals surface area contributed by atoms with Crippen molar-refractivity contribution in [2.75, 3.05) is 39.4 Å². The van der Waals surface area contributed by atoms with Crippen molar-refractivity contribution in [2.24, 2.45) is 4.99 Å². The zero-order valence-electron chi connectivity index (χ0n) is 17.2. The van der Waals surface area contributed by atoms with Gasteiger partial charge in [0.15, 0.2) is 5.96 Å². The van der Waals surface area contributed by atoms with Crippen LogP contribution >= 0.6 is 0 Å². The molecule has 0 amide bonds. The fourth-order valence-electron chi connectivity index (χ4n) is 3.37. The summed E-state index contributed by atoms with van der Waals surface area (Å²) >= 11 is 0. The number of ether oxygens (including phenoxy) is 1. The molecule has 2 aromatic carbocycles. The number of nitrogens with zero attached hydrogens (tertiary/aromatic N) is 2. The number of rotatable bonds is 8. The zero-order valence-corrected chi connectivity index (χ0v) is 17.2. The van der Waals surface area contributed by atoms with Crippen LogP contribution in [0.5, 0.6) is 0 Å². The standard InChI is InChI=1S/C23H31FN4O/c1-2-25-23(26-11-10-21-8-3-4-9-22(21)24)27-17-19-6-5-7-20(16-19)18-28-12-14-29-15-13-28/h3-9,16H,2,10-15,17-18H2,1H3,(H2,25,26,27). The number of hydrogen-bond donors (Lipinski definition) is 2. The van der Waals surface area contributed by atoms with E-state index in [1.54, 1.807) is 6.07 Å². The quantitative estimate of drug-likeness (QED) is 0.530. The van der Waals surface area contributed by atoms with Crippen LogP contribution in [0.15, 0.2) is 53.5 Å². The van der Waals surface area contributed by atoms with Gasteiger partial charge in [0.05, 0.1) is 19.8 Å². The lowest BCUT2D eigenvalue weighted by atomic mass is 10.1. The van der Waals surface area contributed by atoms with Gasteiger partial charge in [0.25, 0.3) is 0 Å². The number of hydrogen-bond acceptors (Lipinski definition) is 3. The molecule has 3 rings (SSSR count). The maximum Gasteiger partial charge on any atom is 0.191 e. The Morgan fingerprint density at radius 1 is 1.07 bits per heavy atom. The van der Waals surface area contributed by atoms with Crippen LogP contribution in [0, 0.1) is 5.82 Å². The van der Waals surface area contributed by atoms with E-state index in [0.29, 0.717) is 25.1 Å². The number of benzene rings is 2. The molecule has 0 unspecified atom stereocenters. The van der Waals surface area contributed by atoms with Crippen molar-refractivity contribution in [3.8, 4) is 0 Å². The van der Waals surface area contributed by atoms with Crippen LogP contribution in [-0.4, -0.2) is 50.3 Å². The third kappa shape index (κ3) is 7.15. The van der Waals surface area contributed by atoms with E-state index in [2.05, 4.69) is 39.8 Å². The fraction of sp³-hybridized carbons (Fsp3) is 0.435. The van der Waals surface area contributed by atoms with Gasteiger partial charge in [0.2, 0.25) is 0 Å². The maximum absolute atomic E-state index is 13.8. The van der Waals surface area contributed by atoms with Crippen LogP contribution in [0.3, 0.4) is 0 Å². The molecule has 2 N–H and O–H groups in total. The Kier molecular flexibility index (Phi) is 8.46. The van der Waals surface area contributed by atoms with E-state index >= 15 is 0 Å². The highest BCUT2D eigenvalue weighted by Gasteiger charge is 2.10. The smallest absolute Gasteiger partial charge is 0.191 e. The molecule has 6 heteroatoms. The number of aliphatic imine (C=N–C) groups is 1. The Balaban J connectivity index is 1.53. The summed E-state index contributed by atoms with van der Waals surface area (Å²) in [6.07, 6.45) is 0.617. The van der Waals surface area contributed by atoms with Crippen LogP contribution in [0.4, 0.5) is 4.39 Å². The number of halogens is 1. The molecule has 156 valence electrons. The minimum absolute atomic E-state index is 0.159. The average Bonchev–Trinajstić information content (AvgIpc) is 2.74. The van der Waals surface area contributed by atoms with Crippen LogP contribution in [-0.2, 0) is 24.2 Å². The highest BCUT2D eigenvalue weighted by molar-refractivity contribution is 5.79. The first-order valence-electron chi connectivity index (χ1n) is 10.4. The molecule has 0 spiro atoms. The fourth-order valence-corrected chi connectivity index (χ4v) is 3.37. The molecular weight excluding hydrogens is 367 g/mol. The number of nitrogens with one attached hydrogen (secondary N) is 2. The van der Waals surface area contributed by atoms with Crippen molar-refractivity contribution in [1.29, 1.82) is 0 Å². The van der Waals surface area contributed by atoms with Crippen molar-refractivity contribution in [1.82, 2.24) is 15.5 Å². The molecule has 29 heavy (non-hydrogen) atoms. The van der Waals surface area contributed by atoms with Gasteiger partial charge in [0, 0.05) is 32.7 Å². The molecule has 1 fully saturated rings. The second kappa shape index (κ2) is 11.5. The highest BCUT2D eigenvalue weighted by atomic mass is 19.1. The third-order valence-corrected chi connectivity index (χ3v) is 4.91.